The Hall–Kier alpha value is -3.92. The first-order valence-corrected chi connectivity index (χ1v) is 14.1. The van der Waals surface area contributed by atoms with Crippen molar-refractivity contribution in [1.29, 1.82) is 0 Å². The molecule has 1 unspecified atom stereocenters. The predicted molar refractivity (Wildman–Crippen MR) is 145 cm³/mol. The van der Waals surface area contributed by atoms with E-state index in [2.05, 4.69) is 5.32 Å². The van der Waals surface area contributed by atoms with E-state index in [9.17, 15) is 22.4 Å². The van der Waals surface area contributed by atoms with Gasteiger partial charge in [-0.2, -0.15) is 0 Å². The summed E-state index contributed by atoms with van der Waals surface area (Å²) in [6.45, 7) is 3.41. The van der Waals surface area contributed by atoms with Crippen LogP contribution in [0.1, 0.15) is 25.8 Å². The lowest BCUT2D eigenvalue weighted by molar-refractivity contribution is -0.140. The number of hydrogen-bond acceptors (Lipinski definition) is 5. The Kier molecular flexibility index (Phi) is 9.84. The number of sulfonamides is 1. The number of halogens is 1. The van der Waals surface area contributed by atoms with Gasteiger partial charge < -0.3 is 15.0 Å². The molecular weight excluding hydrogens is 509 g/mol. The van der Waals surface area contributed by atoms with Gasteiger partial charge in [-0.1, -0.05) is 37.3 Å². The Balaban J connectivity index is 1.88. The first-order chi connectivity index (χ1) is 18.1. The molecule has 0 heterocycles. The third-order valence-electron chi connectivity index (χ3n) is 5.79. The molecule has 0 saturated heterocycles. The Bertz CT molecular complexity index is 1320. The fraction of sp³-hybridized carbons (Fsp3) is 0.286. The van der Waals surface area contributed by atoms with Crippen molar-refractivity contribution < 1.29 is 27.1 Å². The fourth-order valence-corrected chi connectivity index (χ4v) is 4.77. The number of benzene rings is 3. The van der Waals surface area contributed by atoms with E-state index >= 15 is 0 Å². The molecular formula is C28H32FN3O5S. The number of nitrogens with zero attached hydrogens (tertiary/aromatic N) is 2. The average molecular weight is 542 g/mol. The second kappa shape index (κ2) is 13.0. The van der Waals surface area contributed by atoms with Crippen LogP contribution in [-0.2, 0) is 26.2 Å². The molecule has 0 aromatic heterocycles. The van der Waals surface area contributed by atoms with Gasteiger partial charge in [-0.25, -0.2) is 12.8 Å². The molecule has 202 valence electrons. The molecule has 0 bridgehead atoms. The topological polar surface area (TPSA) is 96.0 Å². The van der Waals surface area contributed by atoms with Crippen molar-refractivity contribution in [2.45, 2.75) is 32.9 Å². The molecule has 1 atom stereocenters. The van der Waals surface area contributed by atoms with Gasteiger partial charge in [-0.05, 0) is 67.4 Å². The largest absolute Gasteiger partial charge is 0.457 e. The number of anilines is 1. The number of carbonyl (C=O) groups is 2. The van der Waals surface area contributed by atoms with Gasteiger partial charge in [-0.15, -0.1) is 0 Å². The first-order valence-electron chi connectivity index (χ1n) is 12.2. The minimum absolute atomic E-state index is 0.0101. The standard InChI is InChI=1S/C28H32FN3O5S/c1-4-26(28(34)30-5-2)31(19-21-11-13-22(29)14-12-21)27(33)20-32(38(3,35)36)23-15-17-25(18-16-23)37-24-9-7-6-8-10-24/h6-18,26H,4-5,19-20H2,1-3H3,(H,30,34). The maximum absolute atomic E-state index is 13.6. The average Bonchev–Trinajstić information content (AvgIpc) is 2.89. The highest BCUT2D eigenvalue weighted by Crippen LogP contribution is 2.26. The van der Waals surface area contributed by atoms with Crippen LogP contribution in [0.4, 0.5) is 10.1 Å². The molecule has 0 saturated carbocycles. The van der Waals surface area contributed by atoms with Gasteiger partial charge in [-0.3, -0.25) is 13.9 Å². The first kappa shape index (κ1) is 28.6. The molecule has 0 radical (unpaired) electrons. The number of likely N-dealkylation sites (N-methyl/N-ethyl adjacent to an activating group) is 1. The number of rotatable bonds is 12. The zero-order valence-electron chi connectivity index (χ0n) is 21.6. The summed E-state index contributed by atoms with van der Waals surface area (Å²) in [5.74, 6) is -0.214. The Morgan fingerprint density at radius 2 is 1.53 bits per heavy atom. The lowest BCUT2D eigenvalue weighted by atomic mass is 10.1. The van der Waals surface area contributed by atoms with Crippen molar-refractivity contribution in [3.05, 3.63) is 90.2 Å². The number of amides is 2. The minimum atomic E-state index is -3.86. The summed E-state index contributed by atoms with van der Waals surface area (Å²) >= 11 is 0. The summed E-state index contributed by atoms with van der Waals surface area (Å²) in [6, 6.07) is 20.2. The zero-order valence-corrected chi connectivity index (χ0v) is 22.4. The van der Waals surface area contributed by atoms with E-state index in [1.807, 2.05) is 18.2 Å². The summed E-state index contributed by atoms with van der Waals surface area (Å²) in [4.78, 5) is 27.7. The third-order valence-corrected chi connectivity index (χ3v) is 6.93. The lowest BCUT2D eigenvalue weighted by Gasteiger charge is -2.32. The van der Waals surface area contributed by atoms with Crippen molar-refractivity contribution in [2.75, 3.05) is 23.7 Å². The minimum Gasteiger partial charge on any atom is -0.457 e. The van der Waals surface area contributed by atoms with Crippen LogP contribution in [0.25, 0.3) is 0 Å². The maximum Gasteiger partial charge on any atom is 0.244 e. The molecule has 0 aliphatic carbocycles. The second-order valence-electron chi connectivity index (χ2n) is 8.65. The Labute approximate surface area is 223 Å². The number of nitrogens with one attached hydrogen (secondary N) is 1. The van der Waals surface area contributed by atoms with E-state index in [0.29, 0.717) is 30.0 Å². The quantitative estimate of drug-likeness (QED) is 0.368. The van der Waals surface area contributed by atoms with Gasteiger partial charge in [0.15, 0.2) is 0 Å². The van der Waals surface area contributed by atoms with Gasteiger partial charge >= 0.3 is 0 Å². The van der Waals surface area contributed by atoms with Crippen molar-refractivity contribution in [2.24, 2.45) is 0 Å². The number of hydrogen-bond donors (Lipinski definition) is 1. The summed E-state index contributed by atoms with van der Waals surface area (Å²) < 4.78 is 45.7. The van der Waals surface area contributed by atoms with Crippen LogP contribution in [-0.4, -0.2) is 50.5 Å². The van der Waals surface area contributed by atoms with Crippen LogP contribution < -0.4 is 14.4 Å². The van der Waals surface area contributed by atoms with E-state index < -0.39 is 34.3 Å². The SMILES string of the molecule is CCNC(=O)C(CC)N(Cc1ccc(F)cc1)C(=O)CN(c1ccc(Oc2ccccc2)cc1)S(C)(=O)=O. The van der Waals surface area contributed by atoms with E-state index in [1.54, 1.807) is 50.2 Å². The molecule has 3 aromatic carbocycles. The maximum atomic E-state index is 13.6. The van der Waals surface area contributed by atoms with Crippen LogP contribution in [0.2, 0.25) is 0 Å². The predicted octanol–water partition coefficient (Wildman–Crippen LogP) is 4.33. The molecule has 3 rings (SSSR count). The van der Waals surface area contributed by atoms with Crippen molar-refractivity contribution in [3.63, 3.8) is 0 Å². The molecule has 3 aromatic rings. The van der Waals surface area contributed by atoms with E-state index in [4.69, 9.17) is 4.74 Å². The van der Waals surface area contributed by atoms with Crippen LogP contribution in [0, 0.1) is 5.82 Å². The molecule has 8 nitrogen and oxygen atoms in total. The third kappa shape index (κ3) is 7.79. The van der Waals surface area contributed by atoms with Crippen LogP contribution >= 0.6 is 0 Å². The summed E-state index contributed by atoms with van der Waals surface area (Å²) in [7, 11) is -3.86. The monoisotopic (exact) mass is 541 g/mol. The molecule has 38 heavy (non-hydrogen) atoms. The lowest BCUT2D eigenvalue weighted by Crippen LogP contribution is -2.52. The highest BCUT2D eigenvalue weighted by Gasteiger charge is 2.31. The molecule has 0 aliphatic rings. The molecule has 1 N–H and O–H groups in total. The van der Waals surface area contributed by atoms with Crippen LogP contribution in [0.5, 0.6) is 11.5 Å². The zero-order chi connectivity index (χ0) is 27.7. The highest BCUT2D eigenvalue weighted by atomic mass is 32.2. The van der Waals surface area contributed by atoms with Crippen molar-refractivity contribution in [3.8, 4) is 11.5 Å². The Morgan fingerprint density at radius 3 is 2.08 bits per heavy atom. The second-order valence-corrected chi connectivity index (χ2v) is 10.6. The summed E-state index contributed by atoms with van der Waals surface area (Å²) in [6.07, 6.45) is 1.32. The van der Waals surface area contributed by atoms with Crippen LogP contribution in [0.15, 0.2) is 78.9 Å². The van der Waals surface area contributed by atoms with E-state index in [0.717, 1.165) is 10.6 Å². The fourth-order valence-electron chi connectivity index (χ4n) is 3.92. The molecule has 0 fully saturated rings. The number of para-hydroxylation sites is 1. The van der Waals surface area contributed by atoms with Gasteiger partial charge in [0.05, 0.1) is 11.9 Å². The van der Waals surface area contributed by atoms with Gasteiger partial charge in [0.2, 0.25) is 21.8 Å². The van der Waals surface area contributed by atoms with Crippen molar-refractivity contribution in [1.82, 2.24) is 10.2 Å². The molecule has 2 amide bonds. The van der Waals surface area contributed by atoms with E-state index in [1.165, 1.54) is 29.2 Å². The Morgan fingerprint density at radius 1 is 0.921 bits per heavy atom. The normalized spacial score (nSPS) is 11.9. The van der Waals surface area contributed by atoms with Gasteiger partial charge in [0.1, 0.15) is 29.9 Å². The molecule has 0 spiro atoms. The highest BCUT2D eigenvalue weighted by molar-refractivity contribution is 7.92. The number of ether oxygens (including phenoxy) is 1. The van der Waals surface area contributed by atoms with Gasteiger partial charge in [0, 0.05) is 13.1 Å². The smallest absolute Gasteiger partial charge is 0.244 e. The number of carbonyl (C=O) groups excluding carboxylic acids is 2. The molecule has 0 aliphatic heterocycles. The van der Waals surface area contributed by atoms with E-state index in [-0.39, 0.29) is 18.1 Å². The van der Waals surface area contributed by atoms with Crippen LogP contribution in [0.3, 0.4) is 0 Å². The van der Waals surface area contributed by atoms with Gasteiger partial charge in [0.25, 0.3) is 0 Å². The van der Waals surface area contributed by atoms with Crippen molar-refractivity contribution >= 4 is 27.5 Å². The molecule has 10 heteroatoms. The summed E-state index contributed by atoms with van der Waals surface area (Å²) in [5, 5.41) is 2.73. The summed E-state index contributed by atoms with van der Waals surface area (Å²) in [5.41, 5.74) is 0.880.